The summed E-state index contributed by atoms with van der Waals surface area (Å²) in [4.78, 5) is 65.4. The molecule has 0 fully saturated rings. The fourth-order valence-electron chi connectivity index (χ4n) is 3.80. The van der Waals surface area contributed by atoms with Gasteiger partial charge in [-0.3, -0.25) is 24.0 Å². The Kier molecular flexibility index (Phi) is 22.3. The standard InChI is InChI=1S/C26H53N9O5/c1-27-22(36)6-11-32-12-17-34(15-9-25(39)30-4)19-21-35(16-10-26(40)31-5)20-18-33(13-7-23(37)28-2)14-8-24(38)29-3/h32H,6-21H2,1-5H3,(H,27,36)(H,28,37)(H,29,38)(H,30,39)(H,31,40). The summed E-state index contributed by atoms with van der Waals surface area (Å²) in [6.45, 7) is 6.83. The lowest BCUT2D eigenvalue weighted by Crippen LogP contribution is -2.44. The second-order valence-electron chi connectivity index (χ2n) is 9.39. The molecule has 40 heavy (non-hydrogen) atoms. The molecule has 0 heterocycles. The maximum absolute atomic E-state index is 12.0. The van der Waals surface area contributed by atoms with E-state index in [0.717, 1.165) is 0 Å². The zero-order chi connectivity index (χ0) is 30.2. The molecule has 0 aromatic heterocycles. The number of nitrogens with one attached hydrogen (secondary N) is 6. The summed E-state index contributed by atoms with van der Waals surface area (Å²) in [5.41, 5.74) is 0. The van der Waals surface area contributed by atoms with Gasteiger partial charge >= 0.3 is 0 Å². The third-order valence-corrected chi connectivity index (χ3v) is 6.61. The maximum atomic E-state index is 12.0. The van der Waals surface area contributed by atoms with Crippen LogP contribution in [0.5, 0.6) is 0 Å². The molecule has 0 saturated heterocycles. The molecule has 0 aromatic rings. The van der Waals surface area contributed by atoms with Gasteiger partial charge in [0.1, 0.15) is 0 Å². The van der Waals surface area contributed by atoms with Crippen molar-refractivity contribution >= 4 is 29.5 Å². The summed E-state index contributed by atoms with van der Waals surface area (Å²) >= 11 is 0. The van der Waals surface area contributed by atoms with E-state index in [1.54, 1.807) is 35.2 Å². The summed E-state index contributed by atoms with van der Waals surface area (Å²) in [6.07, 6.45) is 1.80. The van der Waals surface area contributed by atoms with Gasteiger partial charge in [-0.2, -0.15) is 0 Å². The molecular weight excluding hydrogens is 518 g/mol. The first-order valence-electron chi connectivity index (χ1n) is 14.1. The third kappa shape index (κ3) is 20.1. The number of carbonyl (C=O) groups is 5. The van der Waals surface area contributed by atoms with Crippen LogP contribution in [0.25, 0.3) is 0 Å². The zero-order valence-electron chi connectivity index (χ0n) is 25.2. The number of hydrogen-bond acceptors (Lipinski definition) is 9. The SMILES string of the molecule is CNC(=O)CCNCCN(CCC(=O)NC)CCN(CCC(=O)NC)CCN(CCC(=O)NC)CCC(=O)NC. The van der Waals surface area contributed by atoms with Crippen LogP contribution in [0.3, 0.4) is 0 Å². The predicted molar refractivity (Wildman–Crippen MR) is 156 cm³/mol. The van der Waals surface area contributed by atoms with Crippen LogP contribution >= 0.6 is 0 Å². The highest BCUT2D eigenvalue weighted by Crippen LogP contribution is 2.01. The number of nitrogens with zero attached hydrogens (tertiary/aromatic N) is 3. The van der Waals surface area contributed by atoms with Crippen LogP contribution in [0.2, 0.25) is 0 Å². The Hall–Kier alpha value is -2.81. The topological polar surface area (TPSA) is 167 Å². The number of rotatable bonds is 24. The minimum Gasteiger partial charge on any atom is -0.359 e. The Labute approximate surface area is 239 Å². The normalized spacial score (nSPS) is 11.0. The Bertz CT molecular complexity index is 734. The van der Waals surface area contributed by atoms with Gasteiger partial charge in [-0.05, 0) is 0 Å². The molecule has 0 bridgehead atoms. The quantitative estimate of drug-likeness (QED) is 0.0669. The molecule has 0 rings (SSSR count). The minimum absolute atomic E-state index is 0.0181. The first-order chi connectivity index (χ1) is 19.2. The summed E-state index contributed by atoms with van der Waals surface area (Å²) in [5, 5.41) is 16.5. The molecule has 5 amide bonds. The van der Waals surface area contributed by atoms with Crippen LogP contribution < -0.4 is 31.9 Å². The maximum Gasteiger partial charge on any atom is 0.221 e. The van der Waals surface area contributed by atoms with Gasteiger partial charge in [0.15, 0.2) is 0 Å². The Morgan fingerprint density at radius 2 is 0.650 bits per heavy atom. The predicted octanol–water partition coefficient (Wildman–Crippen LogP) is -2.84. The minimum atomic E-state index is -0.0582. The van der Waals surface area contributed by atoms with Gasteiger partial charge in [-0.25, -0.2) is 0 Å². The van der Waals surface area contributed by atoms with Crippen molar-refractivity contribution in [1.29, 1.82) is 0 Å². The van der Waals surface area contributed by atoms with Crippen LogP contribution in [-0.2, 0) is 24.0 Å². The molecule has 0 saturated carbocycles. The molecule has 6 N–H and O–H groups in total. The summed E-state index contributed by atoms with van der Waals surface area (Å²) < 4.78 is 0. The molecule has 0 aliphatic rings. The summed E-state index contributed by atoms with van der Waals surface area (Å²) in [5.74, 6) is -0.209. The van der Waals surface area contributed by atoms with E-state index in [1.165, 1.54) is 0 Å². The van der Waals surface area contributed by atoms with Crippen LogP contribution in [0.15, 0.2) is 0 Å². The molecule has 0 aliphatic carbocycles. The molecule has 0 spiro atoms. The second kappa shape index (κ2) is 24.0. The van der Waals surface area contributed by atoms with Crippen LogP contribution in [0, 0.1) is 0 Å². The molecule has 0 atom stereocenters. The first kappa shape index (κ1) is 37.2. The van der Waals surface area contributed by atoms with Crippen molar-refractivity contribution in [2.24, 2.45) is 0 Å². The highest BCUT2D eigenvalue weighted by Gasteiger charge is 2.15. The number of hydrogen-bond donors (Lipinski definition) is 6. The monoisotopic (exact) mass is 571 g/mol. The van der Waals surface area contributed by atoms with E-state index in [-0.39, 0.29) is 29.5 Å². The number of carbonyl (C=O) groups excluding carboxylic acids is 5. The molecule has 0 aromatic carbocycles. The Morgan fingerprint density at radius 1 is 0.375 bits per heavy atom. The van der Waals surface area contributed by atoms with Crippen molar-refractivity contribution < 1.29 is 24.0 Å². The summed E-state index contributed by atoms with van der Waals surface area (Å²) in [6, 6.07) is 0. The van der Waals surface area contributed by atoms with E-state index in [1.807, 2.05) is 0 Å². The van der Waals surface area contributed by atoms with Crippen molar-refractivity contribution in [2.45, 2.75) is 32.1 Å². The van der Waals surface area contributed by atoms with Gasteiger partial charge in [-0.1, -0.05) is 0 Å². The van der Waals surface area contributed by atoms with E-state index in [9.17, 15) is 24.0 Å². The van der Waals surface area contributed by atoms with E-state index in [4.69, 9.17) is 0 Å². The summed E-state index contributed by atoms with van der Waals surface area (Å²) in [7, 11) is 8.05. The van der Waals surface area contributed by atoms with Gasteiger partial charge in [0.25, 0.3) is 0 Å². The highest BCUT2D eigenvalue weighted by molar-refractivity contribution is 5.77. The molecule has 0 unspecified atom stereocenters. The average Bonchev–Trinajstić information content (AvgIpc) is 2.97. The molecule has 14 nitrogen and oxygen atoms in total. The number of amides is 5. The van der Waals surface area contributed by atoms with E-state index < -0.39 is 0 Å². The van der Waals surface area contributed by atoms with Gasteiger partial charge in [0.2, 0.25) is 29.5 Å². The van der Waals surface area contributed by atoms with E-state index in [0.29, 0.717) is 104 Å². The Morgan fingerprint density at radius 3 is 0.975 bits per heavy atom. The van der Waals surface area contributed by atoms with E-state index >= 15 is 0 Å². The molecular formula is C26H53N9O5. The lowest BCUT2D eigenvalue weighted by atomic mass is 10.2. The third-order valence-electron chi connectivity index (χ3n) is 6.61. The van der Waals surface area contributed by atoms with Crippen molar-refractivity contribution in [2.75, 3.05) is 107 Å². The lowest BCUT2D eigenvalue weighted by Gasteiger charge is -2.30. The average molecular weight is 572 g/mol. The first-order valence-corrected chi connectivity index (χ1v) is 14.1. The molecule has 14 heteroatoms. The van der Waals surface area contributed by atoms with Crippen molar-refractivity contribution in [1.82, 2.24) is 46.6 Å². The highest BCUT2D eigenvalue weighted by atomic mass is 16.2. The lowest BCUT2D eigenvalue weighted by molar-refractivity contribution is -0.122. The molecule has 0 radical (unpaired) electrons. The zero-order valence-corrected chi connectivity index (χ0v) is 25.2. The van der Waals surface area contributed by atoms with Crippen molar-refractivity contribution in [3.05, 3.63) is 0 Å². The van der Waals surface area contributed by atoms with Crippen molar-refractivity contribution in [3.8, 4) is 0 Å². The van der Waals surface area contributed by atoms with Gasteiger partial charge in [0, 0.05) is 139 Å². The largest absolute Gasteiger partial charge is 0.359 e. The molecule has 232 valence electrons. The van der Waals surface area contributed by atoms with Crippen molar-refractivity contribution in [3.63, 3.8) is 0 Å². The second-order valence-corrected chi connectivity index (χ2v) is 9.39. The molecule has 0 aliphatic heterocycles. The van der Waals surface area contributed by atoms with Crippen LogP contribution in [0.4, 0.5) is 0 Å². The van der Waals surface area contributed by atoms with Gasteiger partial charge in [-0.15, -0.1) is 0 Å². The Balaban J connectivity index is 5.20. The van der Waals surface area contributed by atoms with Gasteiger partial charge in [0.05, 0.1) is 0 Å². The smallest absolute Gasteiger partial charge is 0.221 e. The van der Waals surface area contributed by atoms with Crippen LogP contribution in [0.1, 0.15) is 32.1 Å². The van der Waals surface area contributed by atoms with E-state index in [2.05, 4.69) is 46.6 Å². The fraction of sp³-hybridized carbons (Fsp3) is 0.808. The fourth-order valence-corrected chi connectivity index (χ4v) is 3.80. The van der Waals surface area contributed by atoms with Gasteiger partial charge < -0.3 is 46.6 Å². The van der Waals surface area contributed by atoms with Crippen LogP contribution in [-0.4, -0.2) is 151 Å².